The third-order valence-electron chi connectivity index (χ3n) is 3.74. The molecule has 1 heterocycles. The van der Waals surface area contributed by atoms with Gasteiger partial charge in [-0.3, -0.25) is 4.90 Å². The maximum absolute atomic E-state index is 5.98. The molecule has 0 amide bonds. The minimum Gasteiger partial charge on any atom is -0.384 e. The molecule has 1 rings (SSSR count). The molecular weight excluding hydrogens is 200 g/mol. The van der Waals surface area contributed by atoms with Crippen molar-refractivity contribution in [3.05, 3.63) is 0 Å². The first-order chi connectivity index (χ1) is 7.51. The summed E-state index contributed by atoms with van der Waals surface area (Å²) in [5.74, 6) is 1.40. The highest BCUT2D eigenvalue weighted by molar-refractivity contribution is 4.92. The maximum atomic E-state index is 5.98. The fraction of sp³-hybridized carbons (Fsp3) is 1.00. The van der Waals surface area contributed by atoms with Crippen LogP contribution in [0.2, 0.25) is 0 Å². The summed E-state index contributed by atoms with van der Waals surface area (Å²) in [5.41, 5.74) is 6.16. The molecule has 0 radical (unpaired) electrons. The van der Waals surface area contributed by atoms with E-state index in [9.17, 15) is 0 Å². The number of rotatable bonds is 6. The highest BCUT2D eigenvalue weighted by Crippen LogP contribution is 2.29. The zero-order valence-corrected chi connectivity index (χ0v) is 11.3. The van der Waals surface area contributed by atoms with Gasteiger partial charge in [-0.05, 0) is 38.1 Å². The van der Waals surface area contributed by atoms with Crippen molar-refractivity contribution in [1.29, 1.82) is 0 Å². The topological polar surface area (TPSA) is 38.5 Å². The van der Waals surface area contributed by atoms with Crippen molar-refractivity contribution in [2.24, 2.45) is 17.6 Å². The Balaban J connectivity index is 2.54. The summed E-state index contributed by atoms with van der Waals surface area (Å²) in [7, 11) is 1.79. The quantitative estimate of drug-likeness (QED) is 0.752. The normalized spacial score (nSPS) is 26.2. The summed E-state index contributed by atoms with van der Waals surface area (Å²) in [6, 6.07) is 0. The van der Waals surface area contributed by atoms with Crippen LogP contribution in [0.15, 0.2) is 0 Å². The average Bonchev–Trinajstić information content (AvgIpc) is 2.66. The SMILES string of the molecule is COCC1CCN(C(C)(CN)CC(C)C)C1. The maximum Gasteiger partial charge on any atom is 0.0503 e. The van der Waals surface area contributed by atoms with E-state index in [0.29, 0.717) is 11.8 Å². The van der Waals surface area contributed by atoms with Crippen LogP contribution < -0.4 is 5.73 Å². The molecule has 2 N–H and O–H groups in total. The van der Waals surface area contributed by atoms with Crippen LogP contribution in [0.4, 0.5) is 0 Å². The highest BCUT2D eigenvalue weighted by Gasteiger charge is 2.36. The molecule has 3 heteroatoms. The molecule has 2 unspecified atom stereocenters. The summed E-state index contributed by atoms with van der Waals surface area (Å²) in [6.45, 7) is 10.8. The van der Waals surface area contributed by atoms with Crippen molar-refractivity contribution in [3.63, 3.8) is 0 Å². The van der Waals surface area contributed by atoms with E-state index >= 15 is 0 Å². The predicted molar refractivity (Wildman–Crippen MR) is 68.5 cm³/mol. The van der Waals surface area contributed by atoms with Crippen LogP contribution in [-0.4, -0.2) is 43.8 Å². The summed E-state index contributed by atoms with van der Waals surface area (Å²) in [6.07, 6.45) is 2.44. The van der Waals surface area contributed by atoms with E-state index < -0.39 is 0 Å². The van der Waals surface area contributed by atoms with Crippen LogP contribution in [0.1, 0.15) is 33.6 Å². The van der Waals surface area contributed by atoms with Crippen molar-refractivity contribution in [2.75, 3.05) is 33.4 Å². The van der Waals surface area contributed by atoms with Gasteiger partial charge in [0.2, 0.25) is 0 Å². The van der Waals surface area contributed by atoms with Gasteiger partial charge in [0.05, 0.1) is 6.61 Å². The van der Waals surface area contributed by atoms with Gasteiger partial charge in [0.25, 0.3) is 0 Å². The Kier molecular flexibility index (Phi) is 5.22. The van der Waals surface area contributed by atoms with Crippen LogP contribution in [0.25, 0.3) is 0 Å². The Morgan fingerprint density at radius 1 is 1.50 bits per heavy atom. The van der Waals surface area contributed by atoms with Gasteiger partial charge in [-0.1, -0.05) is 13.8 Å². The second-order valence-electron chi connectivity index (χ2n) is 5.86. The van der Waals surface area contributed by atoms with Gasteiger partial charge in [-0.15, -0.1) is 0 Å². The number of hydrogen-bond acceptors (Lipinski definition) is 3. The molecule has 1 aliphatic heterocycles. The summed E-state index contributed by atoms with van der Waals surface area (Å²) in [5, 5.41) is 0. The lowest BCUT2D eigenvalue weighted by Crippen LogP contribution is -2.51. The second kappa shape index (κ2) is 5.99. The molecule has 0 saturated carbocycles. The molecule has 96 valence electrons. The van der Waals surface area contributed by atoms with Crippen LogP contribution >= 0.6 is 0 Å². The first-order valence-electron chi connectivity index (χ1n) is 6.46. The molecule has 1 aliphatic rings. The lowest BCUT2D eigenvalue weighted by molar-refractivity contribution is 0.0990. The van der Waals surface area contributed by atoms with E-state index in [1.54, 1.807) is 7.11 Å². The molecule has 0 spiro atoms. The van der Waals surface area contributed by atoms with E-state index in [1.165, 1.54) is 19.4 Å². The first-order valence-corrected chi connectivity index (χ1v) is 6.46. The molecule has 3 nitrogen and oxygen atoms in total. The van der Waals surface area contributed by atoms with Gasteiger partial charge in [-0.25, -0.2) is 0 Å². The lowest BCUT2D eigenvalue weighted by atomic mass is 9.89. The Morgan fingerprint density at radius 2 is 2.19 bits per heavy atom. The lowest BCUT2D eigenvalue weighted by Gasteiger charge is -2.39. The third kappa shape index (κ3) is 3.44. The van der Waals surface area contributed by atoms with Crippen LogP contribution in [0, 0.1) is 11.8 Å². The summed E-state index contributed by atoms with van der Waals surface area (Å²) < 4.78 is 5.24. The van der Waals surface area contributed by atoms with E-state index in [-0.39, 0.29) is 5.54 Å². The molecule has 0 aromatic heterocycles. The van der Waals surface area contributed by atoms with Crippen LogP contribution in [0.5, 0.6) is 0 Å². The fourth-order valence-corrected chi connectivity index (χ4v) is 2.92. The van der Waals surface area contributed by atoms with Crippen LogP contribution in [-0.2, 0) is 4.74 Å². The Bertz CT molecular complexity index is 208. The fourth-order valence-electron chi connectivity index (χ4n) is 2.92. The molecule has 1 saturated heterocycles. The smallest absolute Gasteiger partial charge is 0.0503 e. The van der Waals surface area contributed by atoms with Crippen LogP contribution in [0.3, 0.4) is 0 Å². The van der Waals surface area contributed by atoms with Gasteiger partial charge in [-0.2, -0.15) is 0 Å². The number of methoxy groups -OCH3 is 1. The van der Waals surface area contributed by atoms with E-state index in [4.69, 9.17) is 10.5 Å². The molecule has 0 aliphatic carbocycles. The minimum atomic E-state index is 0.177. The zero-order valence-electron chi connectivity index (χ0n) is 11.3. The number of hydrogen-bond donors (Lipinski definition) is 1. The largest absolute Gasteiger partial charge is 0.384 e. The summed E-state index contributed by atoms with van der Waals surface area (Å²) >= 11 is 0. The average molecular weight is 228 g/mol. The molecular formula is C13H28N2O. The van der Waals surface area contributed by atoms with Gasteiger partial charge >= 0.3 is 0 Å². The Morgan fingerprint density at radius 3 is 2.69 bits per heavy atom. The third-order valence-corrected chi connectivity index (χ3v) is 3.74. The first kappa shape index (κ1) is 13.9. The zero-order chi connectivity index (χ0) is 12.2. The number of nitrogens with zero attached hydrogens (tertiary/aromatic N) is 1. The number of ether oxygens (including phenoxy) is 1. The van der Waals surface area contributed by atoms with Gasteiger partial charge < -0.3 is 10.5 Å². The molecule has 0 aromatic carbocycles. The van der Waals surface area contributed by atoms with Gasteiger partial charge in [0, 0.05) is 25.7 Å². The highest BCUT2D eigenvalue weighted by atomic mass is 16.5. The van der Waals surface area contributed by atoms with Gasteiger partial charge in [0.15, 0.2) is 0 Å². The minimum absolute atomic E-state index is 0.177. The van der Waals surface area contributed by atoms with Gasteiger partial charge in [0.1, 0.15) is 0 Å². The monoisotopic (exact) mass is 228 g/mol. The molecule has 16 heavy (non-hydrogen) atoms. The van der Waals surface area contributed by atoms with E-state index in [1.807, 2.05) is 0 Å². The molecule has 0 bridgehead atoms. The molecule has 2 atom stereocenters. The van der Waals surface area contributed by atoms with Crippen molar-refractivity contribution >= 4 is 0 Å². The van der Waals surface area contributed by atoms with E-state index in [0.717, 1.165) is 19.7 Å². The number of likely N-dealkylation sites (tertiary alicyclic amines) is 1. The molecule has 1 fully saturated rings. The number of nitrogens with two attached hydrogens (primary N) is 1. The Hall–Kier alpha value is -0.120. The predicted octanol–water partition coefficient (Wildman–Crippen LogP) is 1.72. The van der Waals surface area contributed by atoms with Crippen molar-refractivity contribution in [2.45, 2.75) is 39.2 Å². The van der Waals surface area contributed by atoms with Crippen molar-refractivity contribution < 1.29 is 4.74 Å². The standard InChI is InChI=1S/C13H28N2O/c1-11(2)7-13(3,10-14)15-6-5-12(8-15)9-16-4/h11-12H,5-10,14H2,1-4H3. The molecule has 0 aromatic rings. The second-order valence-corrected chi connectivity index (χ2v) is 5.86. The Labute approximate surface area is 100 Å². The van der Waals surface area contributed by atoms with E-state index in [2.05, 4.69) is 25.7 Å². The van der Waals surface area contributed by atoms with Crippen molar-refractivity contribution in [3.8, 4) is 0 Å². The van der Waals surface area contributed by atoms with Crippen molar-refractivity contribution in [1.82, 2.24) is 4.90 Å². The summed E-state index contributed by atoms with van der Waals surface area (Å²) in [4.78, 5) is 2.57.